The number of rotatable bonds is 3. The Balaban J connectivity index is 2.50. The van der Waals surface area contributed by atoms with E-state index in [2.05, 4.69) is 5.32 Å². The molecule has 17 heavy (non-hydrogen) atoms. The molecule has 90 valence electrons. The minimum Gasteiger partial charge on any atom is -0.407 e. The molecule has 0 saturated heterocycles. The van der Waals surface area contributed by atoms with Crippen LogP contribution in [0.15, 0.2) is 27.4 Å². The first-order valence-electron chi connectivity index (χ1n) is 5.22. The van der Waals surface area contributed by atoms with Gasteiger partial charge in [-0.1, -0.05) is 0 Å². The molecule has 6 nitrogen and oxygen atoms in total. The monoisotopic (exact) mass is 235 g/mol. The predicted molar refractivity (Wildman–Crippen MR) is 64.1 cm³/mol. The standard InChI is InChI=1S/C11H13N3O3/c1-13-5-4-10(15)14-8-3-2-7(12)6-9(8)17-11(14)16/h2-3,6,13H,4-5,12H2,1H3. The van der Waals surface area contributed by atoms with Crippen molar-refractivity contribution < 1.29 is 9.21 Å². The van der Waals surface area contributed by atoms with Gasteiger partial charge in [0.1, 0.15) is 0 Å². The van der Waals surface area contributed by atoms with E-state index >= 15 is 0 Å². The van der Waals surface area contributed by atoms with Crippen LogP contribution in [0, 0.1) is 0 Å². The van der Waals surface area contributed by atoms with Crippen molar-refractivity contribution in [3.05, 3.63) is 28.7 Å². The number of oxazole rings is 1. The van der Waals surface area contributed by atoms with E-state index < -0.39 is 5.76 Å². The van der Waals surface area contributed by atoms with Gasteiger partial charge in [-0.2, -0.15) is 0 Å². The number of nitrogens with zero attached hydrogens (tertiary/aromatic N) is 1. The van der Waals surface area contributed by atoms with Gasteiger partial charge in [0, 0.05) is 24.7 Å². The molecule has 6 heteroatoms. The van der Waals surface area contributed by atoms with Crippen LogP contribution < -0.4 is 16.8 Å². The highest BCUT2D eigenvalue weighted by Crippen LogP contribution is 2.16. The second kappa shape index (κ2) is 4.42. The molecule has 2 aromatic rings. The third-order valence-corrected chi connectivity index (χ3v) is 2.44. The zero-order chi connectivity index (χ0) is 12.4. The Hall–Kier alpha value is -2.08. The maximum Gasteiger partial charge on any atom is 0.426 e. The SMILES string of the molecule is CNCCC(=O)n1c(=O)oc2cc(N)ccc21. The summed E-state index contributed by atoms with van der Waals surface area (Å²) in [6.45, 7) is 0.507. The maximum absolute atomic E-state index is 11.8. The van der Waals surface area contributed by atoms with Crippen molar-refractivity contribution in [2.24, 2.45) is 0 Å². The molecule has 0 aliphatic heterocycles. The molecule has 0 atom stereocenters. The Morgan fingerprint density at radius 1 is 1.53 bits per heavy atom. The van der Waals surface area contributed by atoms with E-state index in [1.54, 1.807) is 19.2 Å². The summed E-state index contributed by atoms with van der Waals surface area (Å²) >= 11 is 0. The van der Waals surface area contributed by atoms with Crippen molar-refractivity contribution >= 4 is 22.7 Å². The summed E-state index contributed by atoms with van der Waals surface area (Å²) in [7, 11) is 1.74. The number of hydrogen-bond acceptors (Lipinski definition) is 5. The number of nitrogen functional groups attached to an aromatic ring is 1. The van der Waals surface area contributed by atoms with Crippen molar-refractivity contribution in [3.8, 4) is 0 Å². The largest absolute Gasteiger partial charge is 0.426 e. The zero-order valence-corrected chi connectivity index (χ0v) is 9.40. The van der Waals surface area contributed by atoms with Gasteiger partial charge < -0.3 is 15.5 Å². The fourth-order valence-electron chi connectivity index (χ4n) is 1.62. The Bertz CT molecular complexity index is 612. The van der Waals surface area contributed by atoms with Crippen molar-refractivity contribution in [1.82, 2.24) is 9.88 Å². The van der Waals surface area contributed by atoms with Gasteiger partial charge in [-0.05, 0) is 19.2 Å². The van der Waals surface area contributed by atoms with Crippen molar-refractivity contribution in [2.45, 2.75) is 6.42 Å². The van der Waals surface area contributed by atoms with Gasteiger partial charge in [0.05, 0.1) is 5.52 Å². The van der Waals surface area contributed by atoms with Crippen LogP contribution in [0.4, 0.5) is 5.69 Å². The summed E-state index contributed by atoms with van der Waals surface area (Å²) in [6, 6.07) is 4.75. The minimum absolute atomic E-state index is 0.232. The average molecular weight is 235 g/mol. The molecule has 0 unspecified atom stereocenters. The quantitative estimate of drug-likeness (QED) is 0.753. The van der Waals surface area contributed by atoms with Crippen LogP contribution in [0.25, 0.3) is 11.1 Å². The van der Waals surface area contributed by atoms with Crippen LogP contribution in [0.3, 0.4) is 0 Å². The number of carbonyl (C=O) groups excluding carboxylic acids is 1. The van der Waals surface area contributed by atoms with E-state index in [-0.39, 0.29) is 12.3 Å². The van der Waals surface area contributed by atoms with Gasteiger partial charge in [0.25, 0.3) is 0 Å². The van der Waals surface area contributed by atoms with E-state index in [0.29, 0.717) is 23.3 Å². The number of nitrogens with two attached hydrogens (primary N) is 1. The van der Waals surface area contributed by atoms with Crippen LogP contribution in [0.5, 0.6) is 0 Å². The maximum atomic E-state index is 11.8. The highest BCUT2D eigenvalue weighted by molar-refractivity contribution is 5.90. The fraction of sp³-hybridized carbons (Fsp3) is 0.273. The number of carbonyl (C=O) groups is 1. The van der Waals surface area contributed by atoms with Crippen LogP contribution in [0.1, 0.15) is 11.2 Å². The molecule has 1 heterocycles. The second-order valence-electron chi connectivity index (χ2n) is 3.68. The molecule has 0 bridgehead atoms. The summed E-state index contributed by atoms with van der Waals surface area (Å²) in [5.41, 5.74) is 6.84. The normalized spacial score (nSPS) is 10.9. The van der Waals surface area contributed by atoms with Crippen LogP contribution >= 0.6 is 0 Å². The van der Waals surface area contributed by atoms with E-state index in [1.165, 1.54) is 6.07 Å². The second-order valence-corrected chi connectivity index (χ2v) is 3.68. The molecule has 0 aliphatic rings. The number of benzene rings is 1. The van der Waals surface area contributed by atoms with Gasteiger partial charge in [-0.15, -0.1) is 0 Å². The molecule has 0 radical (unpaired) electrons. The molecule has 0 aliphatic carbocycles. The summed E-state index contributed by atoms with van der Waals surface area (Å²) < 4.78 is 6.00. The molecular formula is C11H13N3O3. The van der Waals surface area contributed by atoms with Crippen molar-refractivity contribution in [3.63, 3.8) is 0 Å². The zero-order valence-electron chi connectivity index (χ0n) is 9.40. The van der Waals surface area contributed by atoms with Crippen molar-refractivity contribution in [2.75, 3.05) is 19.3 Å². The first-order chi connectivity index (χ1) is 8.13. The van der Waals surface area contributed by atoms with Crippen LogP contribution in [-0.4, -0.2) is 24.1 Å². The van der Waals surface area contributed by atoms with Crippen LogP contribution in [-0.2, 0) is 0 Å². The Labute approximate surface area is 97.0 Å². The van der Waals surface area contributed by atoms with E-state index in [4.69, 9.17) is 10.2 Å². The first kappa shape index (κ1) is 11.4. The first-order valence-corrected chi connectivity index (χ1v) is 5.22. The topological polar surface area (TPSA) is 90.3 Å². The number of hydrogen-bond donors (Lipinski definition) is 2. The average Bonchev–Trinajstić information content (AvgIpc) is 2.61. The predicted octanol–water partition coefficient (Wildman–Crippen LogP) is 0.426. The Morgan fingerprint density at radius 3 is 3.00 bits per heavy atom. The minimum atomic E-state index is -0.674. The molecule has 3 N–H and O–H groups in total. The number of fused-ring (bicyclic) bond motifs is 1. The number of anilines is 1. The number of aromatic nitrogens is 1. The van der Waals surface area contributed by atoms with Gasteiger partial charge in [-0.3, -0.25) is 4.79 Å². The summed E-state index contributed by atoms with van der Waals surface area (Å²) in [6.07, 6.45) is 0.232. The summed E-state index contributed by atoms with van der Waals surface area (Å²) in [4.78, 5) is 23.4. The van der Waals surface area contributed by atoms with Gasteiger partial charge in [0.2, 0.25) is 5.91 Å². The van der Waals surface area contributed by atoms with Gasteiger partial charge in [-0.25, -0.2) is 9.36 Å². The summed E-state index contributed by atoms with van der Waals surface area (Å²) in [5.74, 6) is -0.973. The molecule has 0 amide bonds. The van der Waals surface area contributed by atoms with E-state index in [0.717, 1.165) is 4.57 Å². The smallest absolute Gasteiger partial charge is 0.407 e. The molecular weight excluding hydrogens is 222 g/mol. The highest BCUT2D eigenvalue weighted by Gasteiger charge is 2.15. The van der Waals surface area contributed by atoms with Gasteiger partial charge >= 0.3 is 5.76 Å². The third kappa shape index (κ3) is 2.07. The highest BCUT2D eigenvalue weighted by atomic mass is 16.4. The van der Waals surface area contributed by atoms with E-state index in [9.17, 15) is 9.59 Å². The third-order valence-electron chi connectivity index (χ3n) is 2.44. The Morgan fingerprint density at radius 2 is 2.29 bits per heavy atom. The lowest BCUT2D eigenvalue weighted by Gasteiger charge is -2.00. The van der Waals surface area contributed by atoms with Crippen molar-refractivity contribution in [1.29, 1.82) is 0 Å². The molecule has 0 fully saturated rings. The molecule has 1 aromatic heterocycles. The number of nitrogens with one attached hydrogen (secondary N) is 1. The Kier molecular flexibility index (Phi) is 2.97. The van der Waals surface area contributed by atoms with Gasteiger partial charge in [0.15, 0.2) is 5.58 Å². The summed E-state index contributed by atoms with van der Waals surface area (Å²) in [5, 5.41) is 2.85. The molecule has 0 spiro atoms. The lowest BCUT2D eigenvalue weighted by atomic mass is 10.3. The lowest BCUT2D eigenvalue weighted by molar-refractivity contribution is 0.0900. The molecule has 1 aromatic carbocycles. The van der Waals surface area contributed by atoms with E-state index in [1.807, 2.05) is 0 Å². The fourth-order valence-corrected chi connectivity index (χ4v) is 1.62. The molecule has 2 rings (SSSR count). The lowest BCUT2D eigenvalue weighted by Crippen LogP contribution is -2.25. The van der Waals surface area contributed by atoms with Crippen LogP contribution in [0.2, 0.25) is 0 Å². The molecule has 0 saturated carbocycles.